The molecule has 2 saturated heterocycles. The predicted molar refractivity (Wildman–Crippen MR) is 133 cm³/mol. The molecule has 1 aromatic carbocycles. The molecular formula is C23H38IN3O4. The zero-order valence-electron chi connectivity index (χ0n) is 18.6. The Hall–Kier alpha value is -0.940. The number of nitrogens with one attached hydrogen (secondary N) is 2. The van der Waals surface area contributed by atoms with Gasteiger partial charge in [0, 0.05) is 44.9 Å². The number of guanidine groups is 1. The first-order chi connectivity index (χ1) is 14.7. The second-order valence-corrected chi connectivity index (χ2v) is 8.27. The fourth-order valence-corrected chi connectivity index (χ4v) is 3.97. The van der Waals surface area contributed by atoms with Crippen LogP contribution in [-0.4, -0.2) is 63.3 Å². The van der Waals surface area contributed by atoms with Crippen LogP contribution in [-0.2, 0) is 27.4 Å². The minimum Gasteiger partial charge on any atom is -0.396 e. The molecular weight excluding hydrogens is 509 g/mol. The third kappa shape index (κ3) is 8.84. The van der Waals surface area contributed by atoms with Crippen LogP contribution in [0.25, 0.3) is 0 Å². The molecule has 176 valence electrons. The van der Waals surface area contributed by atoms with E-state index in [0.29, 0.717) is 25.9 Å². The van der Waals surface area contributed by atoms with Crippen molar-refractivity contribution in [3.8, 4) is 0 Å². The molecule has 3 rings (SSSR count). The average molecular weight is 547 g/mol. The van der Waals surface area contributed by atoms with Crippen LogP contribution in [0, 0.1) is 5.41 Å². The second-order valence-electron chi connectivity index (χ2n) is 8.27. The molecule has 0 aromatic heterocycles. The van der Waals surface area contributed by atoms with E-state index in [1.54, 1.807) is 0 Å². The summed E-state index contributed by atoms with van der Waals surface area (Å²) in [5, 5.41) is 16.2. The molecule has 0 spiro atoms. The van der Waals surface area contributed by atoms with E-state index in [1.165, 1.54) is 5.56 Å². The maximum Gasteiger partial charge on any atom is 0.191 e. The van der Waals surface area contributed by atoms with E-state index in [4.69, 9.17) is 19.2 Å². The summed E-state index contributed by atoms with van der Waals surface area (Å²) in [6.45, 7) is 8.07. The van der Waals surface area contributed by atoms with E-state index in [1.807, 2.05) is 0 Å². The van der Waals surface area contributed by atoms with Crippen LogP contribution < -0.4 is 10.6 Å². The molecule has 3 N–H and O–H groups in total. The van der Waals surface area contributed by atoms with Gasteiger partial charge >= 0.3 is 0 Å². The van der Waals surface area contributed by atoms with Gasteiger partial charge in [0.1, 0.15) is 0 Å². The Morgan fingerprint density at radius 3 is 2.71 bits per heavy atom. The van der Waals surface area contributed by atoms with Gasteiger partial charge in [-0.1, -0.05) is 24.3 Å². The summed E-state index contributed by atoms with van der Waals surface area (Å²) < 4.78 is 17.0. The van der Waals surface area contributed by atoms with E-state index in [-0.39, 0.29) is 36.0 Å². The van der Waals surface area contributed by atoms with Gasteiger partial charge in [-0.2, -0.15) is 0 Å². The van der Waals surface area contributed by atoms with Crippen LogP contribution in [0.15, 0.2) is 29.3 Å². The molecule has 1 atom stereocenters. The molecule has 31 heavy (non-hydrogen) atoms. The molecule has 2 fully saturated rings. The SMILES string of the molecule is CCNC(=NCc1cccc(COC2CCOCC2)c1)NCC1(CCO)CCOC1.I. The molecule has 0 saturated carbocycles. The first kappa shape index (κ1) is 26.3. The molecule has 0 aliphatic carbocycles. The molecule has 1 aromatic rings. The number of rotatable bonds is 10. The van der Waals surface area contributed by atoms with Gasteiger partial charge in [-0.05, 0) is 43.7 Å². The zero-order chi connectivity index (χ0) is 21.1. The Balaban J connectivity index is 0.00000341. The van der Waals surface area contributed by atoms with Gasteiger partial charge in [-0.25, -0.2) is 4.99 Å². The smallest absolute Gasteiger partial charge is 0.191 e. The van der Waals surface area contributed by atoms with Crippen molar-refractivity contribution in [2.24, 2.45) is 10.4 Å². The quantitative estimate of drug-likeness (QED) is 0.238. The van der Waals surface area contributed by atoms with Crippen molar-refractivity contribution in [1.82, 2.24) is 10.6 Å². The number of halogens is 1. The fourth-order valence-electron chi connectivity index (χ4n) is 3.97. The summed E-state index contributed by atoms with van der Waals surface area (Å²) in [6, 6.07) is 8.45. The van der Waals surface area contributed by atoms with Crippen molar-refractivity contribution in [3.05, 3.63) is 35.4 Å². The first-order valence-electron chi connectivity index (χ1n) is 11.2. The lowest BCUT2D eigenvalue weighted by atomic mass is 9.84. The lowest BCUT2D eigenvalue weighted by Gasteiger charge is -2.27. The molecule has 0 radical (unpaired) electrons. The van der Waals surface area contributed by atoms with E-state index in [0.717, 1.165) is 70.1 Å². The average Bonchev–Trinajstić information content (AvgIpc) is 3.24. The first-order valence-corrected chi connectivity index (χ1v) is 11.2. The van der Waals surface area contributed by atoms with Gasteiger partial charge < -0.3 is 30.0 Å². The molecule has 2 aliphatic rings. The third-order valence-electron chi connectivity index (χ3n) is 5.87. The summed E-state index contributed by atoms with van der Waals surface area (Å²) in [4.78, 5) is 4.76. The van der Waals surface area contributed by atoms with Crippen LogP contribution in [0.5, 0.6) is 0 Å². The van der Waals surface area contributed by atoms with Gasteiger partial charge in [0.25, 0.3) is 0 Å². The minimum atomic E-state index is -0.00758. The van der Waals surface area contributed by atoms with Crippen molar-refractivity contribution in [3.63, 3.8) is 0 Å². The summed E-state index contributed by atoms with van der Waals surface area (Å²) in [5.74, 6) is 0.797. The largest absolute Gasteiger partial charge is 0.396 e. The highest BCUT2D eigenvalue weighted by Crippen LogP contribution is 2.31. The monoisotopic (exact) mass is 547 g/mol. The number of ether oxygens (including phenoxy) is 3. The summed E-state index contributed by atoms with van der Waals surface area (Å²) in [5.41, 5.74) is 2.33. The van der Waals surface area contributed by atoms with E-state index in [9.17, 15) is 5.11 Å². The van der Waals surface area contributed by atoms with E-state index >= 15 is 0 Å². The van der Waals surface area contributed by atoms with Gasteiger partial charge in [0.15, 0.2) is 5.96 Å². The standard InChI is InChI=1S/C23H37N3O4.HI/c1-2-24-22(26-17-23(8-10-27)9-13-29-18-23)25-15-19-4-3-5-20(14-19)16-30-21-6-11-28-12-7-21;/h3-5,14,21,27H,2,6-13,15-18H2,1H3,(H2,24,25,26);1H. The zero-order valence-corrected chi connectivity index (χ0v) is 20.9. The number of aliphatic imine (C=N–C) groups is 1. The lowest BCUT2D eigenvalue weighted by Crippen LogP contribution is -2.44. The Morgan fingerprint density at radius 1 is 1.19 bits per heavy atom. The summed E-state index contributed by atoms with van der Waals surface area (Å²) in [6.07, 6.45) is 3.97. The van der Waals surface area contributed by atoms with Crippen molar-refractivity contribution in [2.75, 3.05) is 46.1 Å². The van der Waals surface area contributed by atoms with Gasteiger partial charge in [-0.15, -0.1) is 24.0 Å². The maximum absolute atomic E-state index is 9.42. The molecule has 1 unspecified atom stereocenters. The second kappa shape index (κ2) is 14.3. The highest BCUT2D eigenvalue weighted by atomic mass is 127. The highest BCUT2D eigenvalue weighted by Gasteiger charge is 2.34. The number of aliphatic hydroxyl groups is 1. The maximum atomic E-state index is 9.42. The number of aliphatic hydroxyl groups excluding tert-OH is 1. The molecule has 0 amide bonds. The molecule has 8 heteroatoms. The third-order valence-corrected chi connectivity index (χ3v) is 5.87. The number of nitrogens with zero attached hydrogens (tertiary/aromatic N) is 1. The molecule has 2 heterocycles. The van der Waals surface area contributed by atoms with Crippen molar-refractivity contribution in [2.45, 2.75) is 51.9 Å². The Morgan fingerprint density at radius 2 is 2.00 bits per heavy atom. The number of hydrogen-bond donors (Lipinski definition) is 3. The van der Waals surface area contributed by atoms with Gasteiger partial charge in [0.05, 0.1) is 25.9 Å². The van der Waals surface area contributed by atoms with Crippen molar-refractivity contribution < 1.29 is 19.3 Å². The van der Waals surface area contributed by atoms with Crippen LogP contribution in [0.3, 0.4) is 0 Å². The van der Waals surface area contributed by atoms with Crippen LogP contribution in [0.2, 0.25) is 0 Å². The number of benzene rings is 1. The Bertz CT molecular complexity index is 662. The fraction of sp³-hybridized carbons (Fsp3) is 0.696. The normalized spacial score (nSPS) is 22.2. The van der Waals surface area contributed by atoms with Crippen LogP contribution >= 0.6 is 24.0 Å². The molecule has 2 aliphatic heterocycles. The Kier molecular flexibility index (Phi) is 12.1. The van der Waals surface area contributed by atoms with Crippen molar-refractivity contribution >= 4 is 29.9 Å². The highest BCUT2D eigenvalue weighted by molar-refractivity contribution is 14.0. The van der Waals surface area contributed by atoms with Crippen LogP contribution in [0.4, 0.5) is 0 Å². The minimum absolute atomic E-state index is 0. The van der Waals surface area contributed by atoms with Gasteiger partial charge in [0.2, 0.25) is 0 Å². The van der Waals surface area contributed by atoms with E-state index < -0.39 is 0 Å². The van der Waals surface area contributed by atoms with Gasteiger partial charge in [-0.3, -0.25) is 0 Å². The topological polar surface area (TPSA) is 84.3 Å². The number of hydrogen-bond acceptors (Lipinski definition) is 5. The van der Waals surface area contributed by atoms with E-state index in [2.05, 4.69) is 41.8 Å². The summed E-state index contributed by atoms with van der Waals surface area (Å²) >= 11 is 0. The lowest BCUT2D eigenvalue weighted by molar-refractivity contribution is -0.0390. The molecule has 0 bridgehead atoms. The molecule has 7 nitrogen and oxygen atoms in total. The Labute approximate surface area is 203 Å². The summed E-state index contributed by atoms with van der Waals surface area (Å²) in [7, 11) is 0. The predicted octanol–water partition coefficient (Wildman–Crippen LogP) is 2.84. The van der Waals surface area contributed by atoms with Crippen LogP contribution in [0.1, 0.15) is 43.7 Å². The van der Waals surface area contributed by atoms with Crippen molar-refractivity contribution in [1.29, 1.82) is 0 Å².